The van der Waals surface area contributed by atoms with Crippen LogP contribution < -0.4 is 16.6 Å². The van der Waals surface area contributed by atoms with Gasteiger partial charge in [0.15, 0.2) is 0 Å². The Hall–Kier alpha value is -3.14. The number of aliphatic hydroxyl groups is 2. The minimum absolute atomic E-state index is 0.157. The summed E-state index contributed by atoms with van der Waals surface area (Å²) in [5, 5.41) is 24.3. The summed E-state index contributed by atoms with van der Waals surface area (Å²) in [4.78, 5) is 30.6. The number of aromatic nitrogens is 2. The zero-order chi connectivity index (χ0) is 25.0. The van der Waals surface area contributed by atoms with Crippen molar-refractivity contribution in [3.05, 3.63) is 61.7 Å². The molecule has 1 aliphatic carbocycles. The summed E-state index contributed by atoms with van der Waals surface area (Å²) in [6.45, 7) is 3.50. The van der Waals surface area contributed by atoms with Crippen molar-refractivity contribution in [3.63, 3.8) is 0 Å². The molecule has 9 heteroatoms. The minimum atomic E-state index is -0.909. The number of amides is 1. The zero-order valence-corrected chi connectivity index (χ0v) is 19.8. The summed E-state index contributed by atoms with van der Waals surface area (Å²) in [7, 11) is 0. The highest BCUT2D eigenvalue weighted by molar-refractivity contribution is 5.93. The lowest BCUT2D eigenvalue weighted by molar-refractivity contribution is -0.121. The molecular formula is C26H29FN4O4. The largest absolute Gasteiger partial charge is 0.391 e. The molecule has 0 saturated carbocycles. The number of carbonyl (C=O) groups is 1. The topological polar surface area (TPSA) is 130 Å². The molecule has 0 spiro atoms. The van der Waals surface area contributed by atoms with E-state index in [1.54, 1.807) is 24.5 Å². The molecule has 5 rings (SSSR count). The molecule has 1 amide bonds. The number of halogens is 1. The fraction of sp³-hybridized carbons (Fsp3) is 0.423. The Bertz CT molecular complexity index is 1430. The van der Waals surface area contributed by atoms with Gasteiger partial charge in [0, 0.05) is 35.5 Å². The average molecular weight is 481 g/mol. The third-order valence-electron chi connectivity index (χ3n) is 7.38. The quantitative estimate of drug-likeness (QED) is 0.335. The van der Waals surface area contributed by atoms with E-state index in [0.29, 0.717) is 47.3 Å². The molecule has 1 aliphatic heterocycles. The Morgan fingerprint density at radius 1 is 1.37 bits per heavy atom. The van der Waals surface area contributed by atoms with Crippen molar-refractivity contribution in [2.45, 2.75) is 64.8 Å². The second-order valence-corrected chi connectivity index (χ2v) is 9.34. The molecule has 1 aromatic carbocycles. The molecule has 2 aromatic heterocycles. The maximum atomic E-state index is 14.8. The van der Waals surface area contributed by atoms with Crippen molar-refractivity contribution in [1.29, 1.82) is 0 Å². The number of pyridine rings is 2. The second kappa shape index (κ2) is 8.82. The number of hydrogen-bond acceptors (Lipinski definition) is 6. The van der Waals surface area contributed by atoms with Gasteiger partial charge < -0.3 is 25.8 Å². The van der Waals surface area contributed by atoms with E-state index < -0.39 is 12.7 Å². The fourth-order valence-corrected chi connectivity index (χ4v) is 5.58. The first-order valence-electron chi connectivity index (χ1n) is 12.0. The first kappa shape index (κ1) is 23.6. The zero-order valence-electron chi connectivity index (χ0n) is 19.8. The van der Waals surface area contributed by atoms with Crippen molar-refractivity contribution >= 4 is 16.8 Å². The molecule has 0 bridgehead atoms. The van der Waals surface area contributed by atoms with Gasteiger partial charge in [-0.15, -0.1) is 0 Å². The molecule has 3 aromatic rings. The van der Waals surface area contributed by atoms with E-state index in [-0.39, 0.29) is 48.4 Å². The molecule has 0 radical (unpaired) electrons. The van der Waals surface area contributed by atoms with Crippen LogP contribution >= 0.6 is 0 Å². The summed E-state index contributed by atoms with van der Waals surface area (Å²) < 4.78 is 16.4. The average Bonchev–Trinajstić information content (AvgIpc) is 3.21. The number of nitrogens with zero attached hydrogens (tertiary/aromatic N) is 2. The van der Waals surface area contributed by atoms with Crippen LogP contribution in [0.5, 0.6) is 0 Å². The van der Waals surface area contributed by atoms with E-state index in [9.17, 15) is 24.2 Å². The smallest absolute Gasteiger partial charge is 0.257 e. The number of hydrogen-bond donors (Lipinski definition) is 4. The third kappa shape index (κ3) is 3.57. The van der Waals surface area contributed by atoms with Crippen molar-refractivity contribution < 1.29 is 19.4 Å². The van der Waals surface area contributed by atoms with Gasteiger partial charge in [-0.2, -0.15) is 0 Å². The Balaban J connectivity index is 1.80. The van der Waals surface area contributed by atoms with E-state index in [0.717, 1.165) is 22.1 Å². The lowest BCUT2D eigenvalue weighted by Gasteiger charge is -2.29. The van der Waals surface area contributed by atoms with E-state index in [1.165, 1.54) is 6.07 Å². The van der Waals surface area contributed by atoms with Gasteiger partial charge in [0.2, 0.25) is 5.91 Å². The lowest BCUT2D eigenvalue weighted by atomic mass is 9.81. The van der Waals surface area contributed by atoms with Gasteiger partial charge in [-0.3, -0.25) is 9.59 Å². The predicted octanol–water partition coefficient (Wildman–Crippen LogP) is 2.26. The summed E-state index contributed by atoms with van der Waals surface area (Å²) in [6, 6.07) is 2.79. The molecule has 0 unspecified atom stereocenters. The van der Waals surface area contributed by atoms with Gasteiger partial charge in [-0.05, 0) is 54.5 Å². The Kier molecular flexibility index (Phi) is 5.94. The maximum absolute atomic E-state index is 14.8. The maximum Gasteiger partial charge on any atom is 0.257 e. The van der Waals surface area contributed by atoms with Crippen molar-refractivity contribution in [2.75, 3.05) is 6.54 Å². The third-order valence-corrected chi connectivity index (χ3v) is 7.38. The molecule has 35 heavy (non-hydrogen) atoms. The first-order valence-corrected chi connectivity index (χ1v) is 12.0. The highest BCUT2D eigenvalue weighted by atomic mass is 19.1. The van der Waals surface area contributed by atoms with Gasteiger partial charge in [-0.25, -0.2) is 9.37 Å². The van der Waals surface area contributed by atoms with E-state index in [2.05, 4.69) is 5.32 Å². The Labute approximate surface area is 201 Å². The number of nitrogens with two attached hydrogens (primary N) is 1. The van der Waals surface area contributed by atoms with Gasteiger partial charge in [-0.1, -0.05) is 6.92 Å². The van der Waals surface area contributed by atoms with Gasteiger partial charge in [0.05, 0.1) is 42.2 Å². The van der Waals surface area contributed by atoms with Gasteiger partial charge >= 0.3 is 0 Å². The highest BCUT2D eigenvalue weighted by Gasteiger charge is 2.35. The van der Waals surface area contributed by atoms with Gasteiger partial charge in [0.1, 0.15) is 5.82 Å². The molecule has 2 aliphatic rings. The van der Waals surface area contributed by atoms with Crippen molar-refractivity contribution in [2.24, 2.45) is 5.73 Å². The van der Waals surface area contributed by atoms with Crippen LogP contribution in [-0.4, -0.2) is 32.2 Å². The van der Waals surface area contributed by atoms with Gasteiger partial charge in [0.25, 0.3) is 5.56 Å². The number of aliphatic hydroxyl groups excluding tert-OH is 2. The molecule has 0 fully saturated rings. The molecular weight excluding hydrogens is 451 g/mol. The first-order chi connectivity index (χ1) is 16.8. The fourth-order valence-electron chi connectivity index (χ4n) is 5.58. The predicted molar refractivity (Wildman–Crippen MR) is 129 cm³/mol. The van der Waals surface area contributed by atoms with Crippen LogP contribution in [0.25, 0.3) is 22.3 Å². The van der Waals surface area contributed by atoms with E-state index in [4.69, 9.17) is 10.7 Å². The number of nitrogens with one attached hydrogen (secondary N) is 1. The Morgan fingerprint density at radius 2 is 2.14 bits per heavy atom. The van der Waals surface area contributed by atoms with Crippen LogP contribution in [0.3, 0.4) is 0 Å². The van der Waals surface area contributed by atoms with Crippen molar-refractivity contribution in [1.82, 2.24) is 14.9 Å². The highest BCUT2D eigenvalue weighted by Crippen LogP contribution is 2.45. The van der Waals surface area contributed by atoms with Crippen molar-refractivity contribution in [3.8, 4) is 11.4 Å². The minimum Gasteiger partial charge on any atom is -0.391 e. The van der Waals surface area contributed by atoms with Crippen LogP contribution in [0.4, 0.5) is 4.39 Å². The second-order valence-electron chi connectivity index (χ2n) is 9.34. The molecule has 184 valence electrons. The monoisotopic (exact) mass is 480 g/mol. The molecule has 3 heterocycles. The number of fused-ring (bicyclic) bond motifs is 4. The molecule has 0 saturated heterocycles. The summed E-state index contributed by atoms with van der Waals surface area (Å²) in [6.07, 6.45) is 0.845. The molecule has 2 atom stereocenters. The number of benzene rings is 1. The summed E-state index contributed by atoms with van der Waals surface area (Å²) in [5.41, 5.74) is 10.3. The van der Waals surface area contributed by atoms with Crippen LogP contribution in [0.15, 0.2) is 16.9 Å². The number of rotatable bonds is 6. The molecule has 5 N–H and O–H groups in total. The summed E-state index contributed by atoms with van der Waals surface area (Å²) >= 11 is 0. The van der Waals surface area contributed by atoms with E-state index >= 15 is 0 Å². The van der Waals surface area contributed by atoms with E-state index in [1.807, 2.05) is 0 Å². The number of carbonyl (C=O) groups excluding carboxylic acids is 1. The summed E-state index contributed by atoms with van der Waals surface area (Å²) in [5.74, 6) is -0.508. The van der Waals surface area contributed by atoms with Crippen LogP contribution in [0, 0.1) is 12.7 Å². The molecule has 8 nitrogen and oxygen atoms in total. The number of aryl methyl sites for hydroxylation is 1. The van der Waals surface area contributed by atoms with Crippen LogP contribution in [0.2, 0.25) is 0 Å². The van der Waals surface area contributed by atoms with Crippen LogP contribution in [0.1, 0.15) is 71.7 Å². The SMILES string of the molecule is CC[C@H](O)c1cc2n(c(=O)c1CO)Cc1c-2nc2cc(F)c(C)c3c2c1[C@@H](NC(=O)CCN)CC3. The standard InChI is InChI=1S/C26H29FN4O4/c1-3-21(33)14-8-20-25-15(10-31(20)26(35)16(14)11-32)24-18(29-22(34)6-7-28)5-4-13-12(2)17(27)9-19(30-25)23(13)24/h8-9,18,21,32-33H,3-7,10-11,28H2,1-2H3,(H,29,34)/t18-,21-/m0/s1. The van der Waals surface area contributed by atoms with Crippen LogP contribution in [-0.2, 0) is 24.4 Å². The Morgan fingerprint density at radius 3 is 2.83 bits per heavy atom. The lowest BCUT2D eigenvalue weighted by Crippen LogP contribution is -2.33. The normalized spacial score (nSPS) is 16.8.